The van der Waals surface area contributed by atoms with Gasteiger partial charge in [0.2, 0.25) is 11.8 Å². The number of imidazole rings is 1. The molecule has 2 aromatic rings. The van der Waals surface area contributed by atoms with Crippen molar-refractivity contribution in [1.82, 2.24) is 19.6 Å². The number of hydrogen-bond donors (Lipinski definition) is 1. The van der Waals surface area contributed by atoms with Crippen molar-refractivity contribution >= 4 is 23.4 Å². The Bertz CT molecular complexity index is 757. The lowest BCUT2D eigenvalue weighted by atomic mass is 9.96. The van der Waals surface area contributed by atoms with Crippen molar-refractivity contribution in [3.05, 3.63) is 35.2 Å². The van der Waals surface area contributed by atoms with Crippen molar-refractivity contribution in [1.29, 1.82) is 0 Å². The van der Waals surface area contributed by atoms with Crippen LogP contribution in [0.25, 0.3) is 0 Å². The predicted molar refractivity (Wildman–Crippen MR) is 89.8 cm³/mol. The number of nitrogens with zero attached hydrogens (tertiary/aromatic N) is 4. The van der Waals surface area contributed by atoms with Gasteiger partial charge in [-0.1, -0.05) is 16.8 Å². The molecule has 25 heavy (non-hydrogen) atoms. The molecule has 1 saturated heterocycles. The second-order valence-electron chi connectivity index (χ2n) is 6.17. The maximum absolute atomic E-state index is 12.5. The lowest BCUT2D eigenvalue weighted by Gasteiger charge is -2.32. The Morgan fingerprint density at radius 1 is 1.44 bits per heavy atom. The predicted octanol–water partition coefficient (Wildman–Crippen LogP) is 1.35. The number of carbonyl (C=O) groups is 2. The molecule has 1 aliphatic heterocycles. The molecule has 0 saturated carbocycles. The number of likely N-dealkylation sites (tertiary alicyclic amines) is 1. The largest absolute Gasteiger partial charge is 0.368 e. The molecule has 0 aliphatic carbocycles. The van der Waals surface area contributed by atoms with Gasteiger partial charge in [0.1, 0.15) is 18.1 Å². The molecule has 8 nitrogen and oxygen atoms in total. The molecule has 134 valence electrons. The summed E-state index contributed by atoms with van der Waals surface area (Å²) in [6.07, 6.45) is 6.04. The van der Waals surface area contributed by atoms with Crippen LogP contribution in [0.15, 0.2) is 23.0 Å². The third-order valence-electron chi connectivity index (χ3n) is 4.33. The fraction of sp³-hybridized carbons (Fsp3) is 0.500. The van der Waals surface area contributed by atoms with Crippen LogP contribution in [0.4, 0.5) is 0 Å². The van der Waals surface area contributed by atoms with Crippen LogP contribution in [0.1, 0.15) is 36.8 Å². The van der Waals surface area contributed by atoms with Crippen LogP contribution in [0, 0.1) is 0 Å². The highest BCUT2D eigenvalue weighted by Crippen LogP contribution is 2.26. The van der Waals surface area contributed by atoms with Crippen LogP contribution >= 0.6 is 11.6 Å². The van der Waals surface area contributed by atoms with E-state index >= 15 is 0 Å². The minimum atomic E-state index is -0.409. The summed E-state index contributed by atoms with van der Waals surface area (Å²) < 4.78 is 6.79. The van der Waals surface area contributed by atoms with Crippen molar-refractivity contribution in [2.75, 3.05) is 13.1 Å². The first-order chi connectivity index (χ1) is 12.0. The van der Waals surface area contributed by atoms with E-state index in [1.54, 1.807) is 23.0 Å². The van der Waals surface area contributed by atoms with Gasteiger partial charge < -0.3 is 19.7 Å². The number of rotatable bonds is 6. The number of primary amides is 1. The van der Waals surface area contributed by atoms with E-state index in [1.807, 2.05) is 4.90 Å². The van der Waals surface area contributed by atoms with Gasteiger partial charge in [-0.3, -0.25) is 9.59 Å². The summed E-state index contributed by atoms with van der Waals surface area (Å²) in [6, 6.07) is 1.62. The minimum absolute atomic E-state index is 0.0604. The molecule has 0 unspecified atom stereocenters. The summed E-state index contributed by atoms with van der Waals surface area (Å²) in [7, 11) is 0. The number of hydrogen-bond acceptors (Lipinski definition) is 5. The molecule has 2 amide bonds. The minimum Gasteiger partial charge on any atom is -0.368 e. The molecule has 2 aromatic heterocycles. The molecule has 3 heterocycles. The molecule has 0 bridgehead atoms. The third-order valence-corrected chi connectivity index (χ3v) is 4.51. The van der Waals surface area contributed by atoms with Gasteiger partial charge in [-0.05, 0) is 12.8 Å². The second kappa shape index (κ2) is 7.69. The number of aromatic nitrogens is 3. The second-order valence-corrected chi connectivity index (χ2v) is 6.56. The Balaban J connectivity index is 1.60. The Morgan fingerprint density at radius 3 is 3.00 bits per heavy atom. The highest BCUT2D eigenvalue weighted by Gasteiger charge is 2.27. The van der Waals surface area contributed by atoms with Crippen molar-refractivity contribution in [2.24, 2.45) is 5.73 Å². The standard InChI is InChI=1S/C16H20ClN5O3/c17-13-8-12(25-20-13)3-4-15(24)21-6-1-2-11(9-21)16-19-5-7-22(16)10-14(18)23/h5,7-8,11H,1-4,6,9-10H2,(H2,18,23)/t11-/m0/s1. The molecular formula is C16H20ClN5O3. The summed E-state index contributed by atoms with van der Waals surface area (Å²) in [4.78, 5) is 29.9. The van der Waals surface area contributed by atoms with Gasteiger partial charge in [0.15, 0.2) is 5.15 Å². The van der Waals surface area contributed by atoms with Gasteiger partial charge >= 0.3 is 0 Å². The Kier molecular flexibility index (Phi) is 5.37. The highest BCUT2D eigenvalue weighted by atomic mass is 35.5. The molecule has 2 N–H and O–H groups in total. The molecule has 0 spiro atoms. The average Bonchev–Trinajstić information content (AvgIpc) is 3.21. The topological polar surface area (TPSA) is 107 Å². The zero-order chi connectivity index (χ0) is 17.8. The molecule has 9 heteroatoms. The van der Waals surface area contributed by atoms with Crippen molar-refractivity contribution in [2.45, 2.75) is 38.1 Å². The van der Waals surface area contributed by atoms with E-state index < -0.39 is 5.91 Å². The first kappa shape index (κ1) is 17.5. The normalized spacial score (nSPS) is 17.6. The van der Waals surface area contributed by atoms with Crippen LogP contribution in [-0.2, 0) is 22.6 Å². The number of halogens is 1. The van der Waals surface area contributed by atoms with Crippen LogP contribution in [-0.4, -0.2) is 44.5 Å². The van der Waals surface area contributed by atoms with Gasteiger partial charge in [-0.2, -0.15) is 0 Å². The van der Waals surface area contributed by atoms with Gasteiger partial charge in [0.25, 0.3) is 0 Å². The van der Waals surface area contributed by atoms with E-state index in [1.165, 1.54) is 0 Å². The zero-order valence-electron chi connectivity index (χ0n) is 13.7. The molecule has 0 radical (unpaired) electrons. The van der Waals surface area contributed by atoms with E-state index in [2.05, 4.69) is 10.1 Å². The number of aryl methyl sites for hydroxylation is 1. The molecule has 1 aliphatic rings. The average molecular weight is 366 g/mol. The lowest BCUT2D eigenvalue weighted by Crippen LogP contribution is -2.40. The van der Waals surface area contributed by atoms with Gasteiger partial charge in [0, 0.05) is 50.3 Å². The van der Waals surface area contributed by atoms with Gasteiger partial charge in [-0.15, -0.1) is 0 Å². The molecule has 1 atom stereocenters. The van der Waals surface area contributed by atoms with Crippen LogP contribution < -0.4 is 5.73 Å². The molecule has 1 fully saturated rings. The maximum Gasteiger partial charge on any atom is 0.237 e. The van der Waals surface area contributed by atoms with E-state index in [9.17, 15) is 9.59 Å². The fourth-order valence-corrected chi connectivity index (χ4v) is 3.35. The number of piperidine rings is 1. The molecule has 3 rings (SSSR count). The zero-order valence-corrected chi connectivity index (χ0v) is 14.5. The van der Waals surface area contributed by atoms with E-state index in [-0.39, 0.29) is 18.4 Å². The van der Waals surface area contributed by atoms with E-state index in [0.717, 1.165) is 25.2 Å². The highest BCUT2D eigenvalue weighted by molar-refractivity contribution is 6.29. The van der Waals surface area contributed by atoms with Crippen LogP contribution in [0.3, 0.4) is 0 Å². The summed E-state index contributed by atoms with van der Waals surface area (Å²) in [5.74, 6) is 1.16. The number of nitrogens with two attached hydrogens (primary N) is 1. The Labute approximate surface area is 149 Å². The quantitative estimate of drug-likeness (QED) is 0.831. The summed E-state index contributed by atoms with van der Waals surface area (Å²) >= 11 is 5.71. The lowest BCUT2D eigenvalue weighted by molar-refractivity contribution is -0.132. The smallest absolute Gasteiger partial charge is 0.237 e. The summed E-state index contributed by atoms with van der Waals surface area (Å²) in [5, 5.41) is 3.90. The van der Waals surface area contributed by atoms with E-state index in [0.29, 0.717) is 30.3 Å². The first-order valence-corrected chi connectivity index (χ1v) is 8.59. The van der Waals surface area contributed by atoms with Crippen molar-refractivity contribution < 1.29 is 14.1 Å². The first-order valence-electron chi connectivity index (χ1n) is 8.21. The van der Waals surface area contributed by atoms with Crippen LogP contribution in [0.5, 0.6) is 0 Å². The summed E-state index contributed by atoms with van der Waals surface area (Å²) in [5.41, 5.74) is 5.28. The summed E-state index contributed by atoms with van der Waals surface area (Å²) in [6.45, 7) is 1.42. The maximum atomic E-state index is 12.5. The molecular weight excluding hydrogens is 346 g/mol. The van der Waals surface area contributed by atoms with Crippen molar-refractivity contribution in [3.8, 4) is 0 Å². The van der Waals surface area contributed by atoms with Gasteiger partial charge in [0.05, 0.1) is 0 Å². The third kappa shape index (κ3) is 4.39. The Morgan fingerprint density at radius 2 is 2.28 bits per heavy atom. The Hall–Kier alpha value is -2.35. The SMILES string of the molecule is NC(=O)Cn1ccnc1[C@H]1CCCN(C(=O)CCc2cc(Cl)no2)C1. The van der Waals surface area contributed by atoms with Gasteiger partial charge in [-0.25, -0.2) is 4.98 Å². The van der Waals surface area contributed by atoms with E-state index in [4.69, 9.17) is 21.9 Å². The molecule has 0 aromatic carbocycles. The van der Waals surface area contributed by atoms with Crippen LogP contribution in [0.2, 0.25) is 5.15 Å². The number of carbonyl (C=O) groups excluding carboxylic acids is 2. The monoisotopic (exact) mass is 365 g/mol. The van der Waals surface area contributed by atoms with Crippen molar-refractivity contribution in [3.63, 3.8) is 0 Å². The fourth-order valence-electron chi connectivity index (χ4n) is 3.19. The number of amides is 2.